The number of pyridine rings is 1. The molecule has 0 spiro atoms. The molecule has 2 aromatic rings. The SMILES string of the molecule is CCCN1CC(c2cc(NS(=O)(=O)c3cccc(C)c3)cc(C)n2)C1. The summed E-state index contributed by atoms with van der Waals surface area (Å²) in [6, 6.07) is 10.6. The van der Waals surface area contributed by atoms with Gasteiger partial charge in [0, 0.05) is 30.4 Å². The van der Waals surface area contributed by atoms with E-state index in [1.165, 1.54) is 0 Å². The van der Waals surface area contributed by atoms with Gasteiger partial charge in [0.25, 0.3) is 10.0 Å². The molecule has 0 unspecified atom stereocenters. The van der Waals surface area contributed by atoms with Crippen molar-refractivity contribution in [2.24, 2.45) is 0 Å². The second-order valence-corrected chi connectivity index (χ2v) is 8.48. The molecular weight excluding hydrogens is 334 g/mol. The van der Waals surface area contributed by atoms with Gasteiger partial charge in [-0.25, -0.2) is 8.42 Å². The maximum Gasteiger partial charge on any atom is 0.261 e. The van der Waals surface area contributed by atoms with Crippen LogP contribution in [-0.2, 0) is 10.0 Å². The third-order valence-electron chi connectivity index (χ3n) is 4.44. The van der Waals surface area contributed by atoms with Crippen LogP contribution < -0.4 is 4.72 Å². The predicted molar refractivity (Wildman–Crippen MR) is 100 cm³/mol. The topological polar surface area (TPSA) is 62.3 Å². The van der Waals surface area contributed by atoms with E-state index >= 15 is 0 Å². The van der Waals surface area contributed by atoms with Crippen molar-refractivity contribution in [1.29, 1.82) is 0 Å². The van der Waals surface area contributed by atoms with Gasteiger partial charge in [-0.3, -0.25) is 9.71 Å². The minimum atomic E-state index is -3.59. The molecule has 1 fully saturated rings. The number of rotatable bonds is 6. The van der Waals surface area contributed by atoms with Crippen molar-refractivity contribution in [3.05, 3.63) is 53.3 Å². The quantitative estimate of drug-likeness (QED) is 0.859. The van der Waals surface area contributed by atoms with Crippen molar-refractivity contribution >= 4 is 15.7 Å². The summed E-state index contributed by atoms with van der Waals surface area (Å²) in [7, 11) is -3.59. The predicted octanol–water partition coefficient (Wildman–Crippen LogP) is 3.31. The first-order valence-corrected chi connectivity index (χ1v) is 10.2. The molecule has 3 rings (SSSR count). The molecular formula is C19H25N3O2S. The lowest BCUT2D eigenvalue weighted by Gasteiger charge is -2.39. The van der Waals surface area contributed by atoms with Crippen LogP contribution in [0.3, 0.4) is 0 Å². The first-order chi connectivity index (χ1) is 11.9. The number of anilines is 1. The van der Waals surface area contributed by atoms with E-state index in [9.17, 15) is 8.42 Å². The number of nitrogens with one attached hydrogen (secondary N) is 1. The van der Waals surface area contributed by atoms with Crippen molar-refractivity contribution in [2.45, 2.75) is 38.0 Å². The van der Waals surface area contributed by atoms with Gasteiger partial charge in [-0.2, -0.15) is 0 Å². The summed E-state index contributed by atoms with van der Waals surface area (Å²) in [6.45, 7) is 9.05. The fourth-order valence-electron chi connectivity index (χ4n) is 3.21. The largest absolute Gasteiger partial charge is 0.302 e. The second-order valence-electron chi connectivity index (χ2n) is 6.80. The Labute approximate surface area is 150 Å². The Balaban J connectivity index is 1.79. The number of nitrogens with zero attached hydrogens (tertiary/aromatic N) is 2. The van der Waals surface area contributed by atoms with Crippen LogP contribution in [0.5, 0.6) is 0 Å². The number of aryl methyl sites for hydroxylation is 2. The first-order valence-electron chi connectivity index (χ1n) is 8.68. The van der Waals surface area contributed by atoms with Crippen LogP contribution >= 0.6 is 0 Å². The maximum absolute atomic E-state index is 12.6. The summed E-state index contributed by atoms with van der Waals surface area (Å²) < 4.78 is 28.0. The molecule has 25 heavy (non-hydrogen) atoms. The highest BCUT2D eigenvalue weighted by molar-refractivity contribution is 7.92. The molecule has 6 heteroatoms. The number of hydrogen-bond donors (Lipinski definition) is 1. The van der Waals surface area contributed by atoms with Gasteiger partial charge in [-0.1, -0.05) is 19.1 Å². The van der Waals surface area contributed by atoms with E-state index in [-0.39, 0.29) is 4.90 Å². The first kappa shape index (κ1) is 17.9. The molecule has 1 aliphatic rings. The van der Waals surface area contributed by atoms with Gasteiger partial charge in [0.2, 0.25) is 0 Å². The van der Waals surface area contributed by atoms with E-state index in [4.69, 9.17) is 0 Å². The molecule has 1 N–H and O–H groups in total. The van der Waals surface area contributed by atoms with Crippen LogP contribution in [0.25, 0.3) is 0 Å². The third-order valence-corrected chi connectivity index (χ3v) is 5.82. The molecule has 0 bridgehead atoms. The zero-order chi connectivity index (χ0) is 18.0. The van der Waals surface area contributed by atoms with Crippen LogP contribution in [0.4, 0.5) is 5.69 Å². The molecule has 1 aromatic heterocycles. The second kappa shape index (κ2) is 7.14. The van der Waals surface area contributed by atoms with Gasteiger partial charge in [0.1, 0.15) is 0 Å². The van der Waals surface area contributed by atoms with Crippen LogP contribution in [0, 0.1) is 13.8 Å². The van der Waals surface area contributed by atoms with Crippen molar-refractivity contribution in [3.8, 4) is 0 Å². The van der Waals surface area contributed by atoms with Crippen molar-refractivity contribution < 1.29 is 8.42 Å². The fourth-order valence-corrected chi connectivity index (χ4v) is 4.36. The Morgan fingerprint density at radius 3 is 2.64 bits per heavy atom. The number of likely N-dealkylation sites (tertiary alicyclic amines) is 1. The van der Waals surface area contributed by atoms with Crippen LogP contribution in [0.1, 0.15) is 36.2 Å². The number of sulfonamides is 1. The van der Waals surface area contributed by atoms with Crippen LogP contribution in [0.2, 0.25) is 0 Å². The lowest BCUT2D eigenvalue weighted by Crippen LogP contribution is -2.45. The zero-order valence-corrected chi connectivity index (χ0v) is 15.8. The summed E-state index contributed by atoms with van der Waals surface area (Å²) in [6.07, 6.45) is 1.15. The molecule has 1 aromatic carbocycles. The van der Waals surface area contributed by atoms with Crippen LogP contribution in [-0.4, -0.2) is 37.9 Å². The normalized spacial score (nSPS) is 15.8. The lowest BCUT2D eigenvalue weighted by atomic mass is 9.95. The van der Waals surface area contributed by atoms with E-state index < -0.39 is 10.0 Å². The molecule has 1 aliphatic heterocycles. The molecule has 0 aliphatic carbocycles. The highest BCUT2D eigenvalue weighted by Gasteiger charge is 2.29. The Bertz CT molecular complexity index is 859. The summed E-state index contributed by atoms with van der Waals surface area (Å²) in [5.41, 5.74) is 3.29. The fraction of sp³-hybridized carbons (Fsp3) is 0.421. The van der Waals surface area contributed by atoms with Crippen LogP contribution in [0.15, 0.2) is 41.3 Å². The Kier molecular flexibility index (Phi) is 5.11. The maximum atomic E-state index is 12.6. The Morgan fingerprint density at radius 1 is 1.20 bits per heavy atom. The highest BCUT2D eigenvalue weighted by Crippen LogP contribution is 2.28. The molecule has 2 heterocycles. The summed E-state index contributed by atoms with van der Waals surface area (Å²) >= 11 is 0. The van der Waals surface area contributed by atoms with Crippen molar-refractivity contribution in [1.82, 2.24) is 9.88 Å². The minimum absolute atomic E-state index is 0.279. The van der Waals surface area contributed by atoms with E-state index in [0.29, 0.717) is 11.6 Å². The van der Waals surface area contributed by atoms with Gasteiger partial charge in [-0.15, -0.1) is 0 Å². The summed E-state index contributed by atoms with van der Waals surface area (Å²) in [5, 5.41) is 0. The Hall–Kier alpha value is -1.92. The lowest BCUT2D eigenvalue weighted by molar-refractivity contribution is 0.146. The molecule has 0 radical (unpaired) electrons. The van der Waals surface area contributed by atoms with Gasteiger partial charge in [0.05, 0.1) is 10.6 Å². The molecule has 0 saturated carbocycles. The number of hydrogen-bond acceptors (Lipinski definition) is 4. The molecule has 5 nitrogen and oxygen atoms in total. The van der Waals surface area contributed by atoms with Crippen molar-refractivity contribution in [3.63, 3.8) is 0 Å². The summed E-state index contributed by atoms with van der Waals surface area (Å²) in [5.74, 6) is 0.383. The zero-order valence-electron chi connectivity index (χ0n) is 15.0. The molecule has 0 amide bonds. The molecule has 1 saturated heterocycles. The van der Waals surface area contributed by atoms with E-state index in [0.717, 1.165) is 43.0 Å². The average molecular weight is 359 g/mol. The average Bonchev–Trinajstić information content (AvgIpc) is 2.49. The van der Waals surface area contributed by atoms with Gasteiger partial charge in [0.15, 0.2) is 0 Å². The van der Waals surface area contributed by atoms with E-state index in [1.807, 2.05) is 26.0 Å². The smallest absolute Gasteiger partial charge is 0.261 e. The van der Waals surface area contributed by atoms with Gasteiger partial charge in [-0.05, 0) is 56.6 Å². The monoisotopic (exact) mass is 359 g/mol. The van der Waals surface area contributed by atoms with Crippen molar-refractivity contribution in [2.75, 3.05) is 24.4 Å². The third kappa shape index (κ3) is 4.19. The highest BCUT2D eigenvalue weighted by atomic mass is 32.2. The Morgan fingerprint density at radius 2 is 1.96 bits per heavy atom. The number of benzene rings is 1. The molecule has 134 valence electrons. The van der Waals surface area contributed by atoms with Gasteiger partial charge >= 0.3 is 0 Å². The van der Waals surface area contributed by atoms with E-state index in [2.05, 4.69) is 21.5 Å². The van der Waals surface area contributed by atoms with E-state index in [1.54, 1.807) is 24.3 Å². The number of aromatic nitrogens is 1. The standard InChI is InChI=1S/C19H25N3O2S/c1-4-8-22-12-16(13-22)19-11-17(10-15(3)20-19)21-25(23,24)18-7-5-6-14(2)9-18/h5-7,9-11,16H,4,8,12-13H2,1-3H3,(H,20,21). The minimum Gasteiger partial charge on any atom is -0.302 e. The van der Waals surface area contributed by atoms with Gasteiger partial charge < -0.3 is 4.90 Å². The molecule has 0 atom stereocenters. The summed E-state index contributed by atoms with van der Waals surface area (Å²) in [4.78, 5) is 7.28.